The Bertz CT molecular complexity index is 924. The van der Waals surface area contributed by atoms with E-state index < -0.39 is 0 Å². The number of aryl methyl sites for hydroxylation is 3. The molecule has 0 fully saturated rings. The zero-order valence-electron chi connectivity index (χ0n) is 16.2. The number of rotatable bonds is 6. The largest absolute Gasteiger partial charge is 0.493 e. The fourth-order valence-electron chi connectivity index (χ4n) is 2.78. The number of methoxy groups -OCH3 is 3. The summed E-state index contributed by atoms with van der Waals surface area (Å²) in [5.74, 6) is 3.52. The molecule has 0 spiro atoms. The van der Waals surface area contributed by atoms with Gasteiger partial charge in [-0.2, -0.15) is 0 Å². The van der Waals surface area contributed by atoms with Gasteiger partial charge in [0.1, 0.15) is 11.6 Å². The average Bonchev–Trinajstić information content (AvgIpc) is 3.01. The fraction of sp³-hybridized carbons (Fsp3) is 0.316. The minimum absolute atomic E-state index is 0.529. The van der Waals surface area contributed by atoms with Crippen LogP contribution in [-0.2, 0) is 0 Å². The molecule has 142 valence electrons. The van der Waals surface area contributed by atoms with Crippen molar-refractivity contribution in [2.45, 2.75) is 20.8 Å². The summed E-state index contributed by atoms with van der Waals surface area (Å²) >= 11 is 0. The van der Waals surface area contributed by atoms with Gasteiger partial charge in [0.15, 0.2) is 17.3 Å². The zero-order chi connectivity index (χ0) is 19.6. The van der Waals surface area contributed by atoms with Gasteiger partial charge in [-0.15, -0.1) is 0 Å². The van der Waals surface area contributed by atoms with E-state index in [1.807, 2.05) is 32.9 Å². The Morgan fingerprint density at radius 3 is 2.15 bits per heavy atom. The van der Waals surface area contributed by atoms with E-state index in [1.165, 1.54) is 0 Å². The van der Waals surface area contributed by atoms with Crippen LogP contribution in [0.2, 0.25) is 0 Å². The highest BCUT2D eigenvalue weighted by Gasteiger charge is 2.17. The molecule has 0 unspecified atom stereocenters. The first-order valence-electron chi connectivity index (χ1n) is 8.32. The van der Waals surface area contributed by atoms with Crippen LogP contribution in [0.1, 0.15) is 17.0 Å². The first-order valence-corrected chi connectivity index (χ1v) is 8.32. The van der Waals surface area contributed by atoms with E-state index in [0.717, 1.165) is 22.5 Å². The van der Waals surface area contributed by atoms with Crippen molar-refractivity contribution >= 4 is 11.5 Å². The second-order valence-electron chi connectivity index (χ2n) is 5.96. The van der Waals surface area contributed by atoms with Crippen molar-refractivity contribution < 1.29 is 18.7 Å². The molecule has 0 bridgehead atoms. The van der Waals surface area contributed by atoms with E-state index in [1.54, 1.807) is 27.5 Å². The van der Waals surface area contributed by atoms with Crippen LogP contribution in [0.3, 0.4) is 0 Å². The lowest BCUT2D eigenvalue weighted by molar-refractivity contribution is 0.324. The van der Waals surface area contributed by atoms with Gasteiger partial charge in [0.25, 0.3) is 0 Å². The van der Waals surface area contributed by atoms with E-state index in [-0.39, 0.29) is 0 Å². The van der Waals surface area contributed by atoms with Crippen molar-refractivity contribution in [3.05, 3.63) is 35.3 Å². The summed E-state index contributed by atoms with van der Waals surface area (Å²) < 4.78 is 21.4. The Hall–Kier alpha value is -3.29. The minimum atomic E-state index is 0.529. The van der Waals surface area contributed by atoms with Crippen molar-refractivity contribution in [2.75, 3.05) is 26.6 Å². The fourth-order valence-corrected chi connectivity index (χ4v) is 2.78. The van der Waals surface area contributed by atoms with Gasteiger partial charge in [0.05, 0.1) is 32.6 Å². The SMILES string of the molecule is COc1cc(Nc2nc(-c3c(C)noc3C)ncc2C)cc(OC)c1OC. The number of ether oxygens (including phenoxy) is 3. The summed E-state index contributed by atoms with van der Waals surface area (Å²) in [6, 6.07) is 3.64. The number of nitrogens with one attached hydrogen (secondary N) is 1. The molecule has 1 aromatic carbocycles. The molecule has 0 atom stereocenters. The van der Waals surface area contributed by atoms with Gasteiger partial charge < -0.3 is 24.1 Å². The van der Waals surface area contributed by atoms with E-state index in [9.17, 15) is 0 Å². The second kappa shape index (κ2) is 7.53. The van der Waals surface area contributed by atoms with Crippen LogP contribution in [0, 0.1) is 20.8 Å². The molecule has 8 heteroatoms. The predicted molar refractivity (Wildman–Crippen MR) is 101 cm³/mol. The molecule has 27 heavy (non-hydrogen) atoms. The van der Waals surface area contributed by atoms with E-state index in [4.69, 9.17) is 18.7 Å². The number of anilines is 2. The molecule has 0 saturated carbocycles. The maximum absolute atomic E-state index is 5.40. The maximum Gasteiger partial charge on any atom is 0.203 e. The van der Waals surface area contributed by atoms with Gasteiger partial charge in [-0.3, -0.25) is 0 Å². The van der Waals surface area contributed by atoms with Crippen LogP contribution in [0.5, 0.6) is 17.2 Å². The number of hydrogen-bond donors (Lipinski definition) is 1. The normalized spacial score (nSPS) is 10.6. The molecule has 3 rings (SSSR count). The van der Waals surface area contributed by atoms with Crippen molar-refractivity contribution in [2.24, 2.45) is 0 Å². The van der Waals surface area contributed by atoms with Crippen LogP contribution >= 0.6 is 0 Å². The van der Waals surface area contributed by atoms with Crippen LogP contribution in [0.15, 0.2) is 22.9 Å². The molecule has 0 radical (unpaired) electrons. The Morgan fingerprint density at radius 1 is 0.963 bits per heavy atom. The lowest BCUT2D eigenvalue weighted by Gasteiger charge is -2.15. The molecule has 2 aromatic heterocycles. The molecule has 1 N–H and O–H groups in total. The molecular weight excluding hydrogens is 348 g/mol. The summed E-state index contributed by atoms with van der Waals surface area (Å²) in [5.41, 5.74) is 3.17. The smallest absolute Gasteiger partial charge is 0.203 e. The van der Waals surface area contributed by atoms with Gasteiger partial charge in [-0.05, 0) is 20.8 Å². The third-order valence-corrected chi connectivity index (χ3v) is 4.16. The number of hydrogen-bond acceptors (Lipinski definition) is 8. The summed E-state index contributed by atoms with van der Waals surface area (Å²) in [6.45, 7) is 5.63. The lowest BCUT2D eigenvalue weighted by Crippen LogP contribution is -2.02. The van der Waals surface area contributed by atoms with Gasteiger partial charge in [0.2, 0.25) is 5.75 Å². The quantitative estimate of drug-likeness (QED) is 0.700. The summed E-state index contributed by atoms with van der Waals surface area (Å²) in [6.07, 6.45) is 1.76. The summed E-state index contributed by atoms with van der Waals surface area (Å²) in [7, 11) is 4.72. The van der Waals surface area contributed by atoms with Crippen LogP contribution in [0.4, 0.5) is 11.5 Å². The van der Waals surface area contributed by atoms with Gasteiger partial charge >= 0.3 is 0 Å². The van der Waals surface area contributed by atoms with Crippen molar-refractivity contribution in [1.82, 2.24) is 15.1 Å². The first-order chi connectivity index (χ1) is 13.0. The predicted octanol–water partition coefficient (Wildman–Crippen LogP) is 3.83. The first kappa shape index (κ1) is 18.5. The van der Waals surface area contributed by atoms with Gasteiger partial charge in [0, 0.05) is 29.6 Å². The maximum atomic E-state index is 5.40. The lowest BCUT2D eigenvalue weighted by atomic mass is 10.2. The number of aromatic nitrogens is 3. The third kappa shape index (κ3) is 3.51. The number of nitrogens with zero attached hydrogens (tertiary/aromatic N) is 3. The highest BCUT2D eigenvalue weighted by molar-refractivity contribution is 5.69. The highest BCUT2D eigenvalue weighted by atomic mass is 16.5. The topological polar surface area (TPSA) is 91.5 Å². The van der Waals surface area contributed by atoms with Crippen molar-refractivity contribution in [1.29, 1.82) is 0 Å². The molecule has 0 aliphatic rings. The third-order valence-electron chi connectivity index (χ3n) is 4.16. The Morgan fingerprint density at radius 2 is 1.63 bits per heavy atom. The Balaban J connectivity index is 2.02. The molecule has 2 heterocycles. The molecular formula is C19H22N4O4. The molecule has 0 amide bonds. The van der Waals surface area contributed by atoms with E-state index >= 15 is 0 Å². The van der Waals surface area contributed by atoms with Crippen molar-refractivity contribution in [3.63, 3.8) is 0 Å². The molecule has 8 nitrogen and oxygen atoms in total. The molecule has 0 aliphatic heterocycles. The average molecular weight is 370 g/mol. The molecule has 0 saturated heterocycles. The van der Waals surface area contributed by atoms with Gasteiger partial charge in [-0.1, -0.05) is 5.16 Å². The summed E-state index contributed by atoms with van der Waals surface area (Å²) in [4.78, 5) is 9.07. The molecule has 0 aliphatic carbocycles. The van der Waals surface area contributed by atoms with Crippen molar-refractivity contribution in [3.8, 4) is 28.6 Å². The second-order valence-corrected chi connectivity index (χ2v) is 5.96. The minimum Gasteiger partial charge on any atom is -0.493 e. The Labute approximate surface area is 157 Å². The molecule has 3 aromatic rings. The highest BCUT2D eigenvalue weighted by Crippen LogP contribution is 2.40. The van der Waals surface area contributed by atoms with E-state index in [2.05, 4.69) is 20.4 Å². The van der Waals surface area contributed by atoms with Crippen LogP contribution < -0.4 is 19.5 Å². The monoisotopic (exact) mass is 370 g/mol. The van der Waals surface area contributed by atoms with Crippen LogP contribution in [-0.4, -0.2) is 36.5 Å². The standard InChI is InChI=1S/C19H22N4O4/c1-10-9-20-19(16-11(2)23-27-12(16)3)22-18(10)21-13-7-14(24-4)17(26-6)15(8-13)25-5/h7-9H,1-6H3,(H,20,21,22). The Kier molecular flexibility index (Phi) is 5.16. The van der Waals surface area contributed by atoms with Crippen LogP contribution in [0.25, 0.3) is 11.4 Å². The van der Waals surface area contributed by atoms with Gasteiger partial charge in [-0.25, -0.2) is 9.97 Å². The zero-order valence-corrected chi connectivity index (χ0v) is 16.2. The summed E-state index contributed by atoms with van der Waals surface area (Å²) in [5, 5.41) is 7.27. The number of benzene rings is 1. The van der Waals surface area contributed by atoms with E-state index in [0.29, 0.717) is 34.7 Å².